The van der Waals surface area contributed by atoms with Crippen LogP contribution in [0.3, 0.4) is 0 Å². The fraction of sp³-hybridized carbons (Fsp3) is 0.429. The number of hydrogen-bond donors (Lipinski definition) is 1. The van der Waals surface area contributed by atoms with Gasteiger partial charge < -0.3 is 20.1 Å². The number of ether oxygens (including phenoxy) is 2. The average Bonchev–Trinajstić information content (AvgIpc) is 3.02. The molecule has 2 atom stereocenters. The van der Waals surface area contributed by atoms with Crippen molar-refractivity contribution in [2.24, 2.45) is 5.73 Å². The molecule has 0 aliphatic carbocycles. The summed E-state index contributed by atoms with van der Waals surface area (Å²) in [6.07, 6.45) is 1.77. The molecule has 8 nitrogen and oxygen atoms in total. The molecule has 29 heavy (non-hydrogen) atoms. The summed E-state index contributed by atoms with van der Waals surface area (Å²) in [5, 5.41) is 9.47. The number of benzene rings is 1. The molecule has 152 valence electrons. The predicted molar refractivity (Wildman–Crippen MR) is 106 cm³/mol. The Labute approximate surface area is 169 Å². The molecular formula is C21H24N4O4. The predicted octanol–water partition coefficient (Wildman–Crippen LogP) is 2.40. The van der Waals surface area contributed by atoms with Crippen LogP contribution in [0.15, 0.2) is 24.4 Å². The first-order valence-electron chi connectivity index (χ1n) is 9.54. The van der Waals surface area contributed by atoms with Gasteiger partial charge in [-0.05, 0) is 39.0 Å². The van der Waals surface area contributed by atoms with Gasteiger partial charge in [-0.2, -0.15) is 5.26 Å². The molecule has 1 aliphatic heterocycles. The molecule has 0 bridgehead atoms. The minimum atomic E-state index is -0.591. The lowest BCUT2D eigenvalue weighted by Crippen LogP contribution is -2.39. The minimum absolute atomic E-state index is 0.138. The Morgan fingerprint density at radius 3 is 2.79 bits per heavy atom. The third-order valence-corrected chi connectivity index (χ3v) is 4.94. The normalized spacial score (nSPS) is 18.7. The van der Waals surface area contributed by atoms with Gasteiger partial charge in [0, 0.05) is 24.5 Å². The molecule has 1 saturated heterocycles. The zero-order chi connectivity index (χ0) is 21.1. The van der Waals surface area contributed by atoms with E-state index in [1.807, 2.05) is 26.8 Å². The minimum Gasteiger partial charge on any atom is -0.490 e. The summed E-state index contributed by atoms with van der Waals surface area (Å²) in [6, 6.07) is 6.81. The largest absolute Gasteiger partial charge is 0.490 e. The number of carbonyl (C=O) groups excluding carboxylic acids is 2. The zero-order valence-corrected chi connectivity index (χ0v) is 16.7. The lowest BCUT2D eigenvalue weighted by molar-refractivity contribution is -0.131. The van der Waals surface area contributed by atoms with Gasteiger partial charge in [0.25, 0.3) is 5.91 Å². The molecule has 2 aromatic rings. The van der Waals surface area contributed by atoms with Crippen LogP contribution in [0.25, 0.3) is 10.9 Å². The molecule has 3 rings (SSSR count). The molecule has 1 fully saturated rings. The second kappa shape index (κ2) is 8.35. The number of nitrogens with two attached hydrogens (primary N) is 1. The molecule has 2 N–H and O–H groups in total. The van der Waals surface area contributed by atoms with Gasteiger partial charge in [0.2, 0.25) is 5.91 Å². The van der Waals surface area contributed by atoms with Crippen molar-refractivity contribution in [3.8, 4) is 17.6 Å². The summed E-state index contributed by atoms with van der Waals surface area (Å²) >= 11 is 0. The number of hydrogen-bond acceptors (Lipinski definition) is 6. The number of nitriles is 1. The highest BCUT2D eigenvalue weighted by molar-refractivity contribution is 6.01. The second-order valence-corrected chi connectivity index (χ2v) is 7.31. The van der Waals surface area contributed by atoms with Crippen molar-refractivity contribution in [1.82, 2.24) is 9.88 Å². The van der Waals surface area contributed by atoms with Gasteiger partial charge in [-0.3, -0.25) is 14.6 Å². The van der Waals surface area contributed by atoms with E-state index in [1.54, 1.807) is 29.3 Å². The Morgan fingerprint density at radius 2 is 2.14 bits per heavy atom. The van der Waals surface area contributed by atoms with Crippen molar-refractivity contribution < 1.29 is 19.1 Å². The van der Waals surface area contributed by atoms with Crippen molar-refractivity contribution in [3.05, 3.63) is 30.0 Å². The van der Waals surface area contributed by atoms with Crippen LogP contribution >= 0.6 is 0 Å². The topological polar surface area (TPSA) is 119 Å². The Kier molecular flexibility index (Phi) is 5.87. The summed E-state index contributed by atoms with van der Waals surface area (Å²) in [5.41, 5.74) is 6.33. The van der Waals surface area contributed by atoms with E-state index >= 15 is 0 Å². The quantitative estimate of drug-likeness (QED) is 0.801. The Hall–Kier alpha value is -3.34. The summed E-state index contributed by atoms with van der Waals surface area (Å²) < 4.78 is 12.0. The maximum Gasteiger partial charge on any atom is 0.252 e. The summed E-state index contributed by atoms with van der Waals surface area (Å²) in [5.74, 6) is 0.186. The molecule has 2 heterocycles. The Balaban J connectivity index is 1.93. The van der Waals surface area contributed by atoms with Crippen LogP contribution in [-0.4, -0.2) is 46.5 Å². The SMILES string of the molecule is CC(C)Oc1cc2c(O[C@H]3CCN(C(=O)CC#N)[C@@H]3C)ccnc2cc1C(N)=O. The van der Waals surface area contributed by atoms with Crippen molar-refractivity contribution in [2.45, 2.75) is 51.9 Å². The van der Waals surface area contributed by atoms with Crippen LogP contribution in [0, 0.1) is 11.3 Å². The molecule has 0 spiro atoms. The summed E-state index contributed by atoms with van der Waals surface area (Å²) in [7, 11) is 0. The third-order valence-electron chi connectivity index (χ3n) is 4.94. The van der Waals surface area contributed by atoms with Crippen LogP contribution in [0.4, 0.5) is 0 Å². The van der Waals surface area contributed by atoms with Gasteiger partial charge in [-0.25, -0.2) is 0 Å². The van der Waals surface area contributed by atoms with Gasteiger partial charge >= 0.3 is 0 Å². The second-order valence-electron chi connectivity index (χ2n) is 7.31. The first kappa shape index (κ1) is 20.4. The van der Waals surface area contributed by atoms with Crippen molar-refractivity contribution >= 4 is 22.7 Å². The molecule has 1 aromatic heterocycles. The third kappa shape index (κ3) is 4.24. The number of aromatic nitrogens is 1. The highest BCUT2D eigenvalue weighted by Gasteiger charge is 2.35. The highest BCUT2D eigenvalue weighted by atomic mass is 16.5. The standard InChI is InChI=1S/C21H24N4O4/c1-12(2)28-19-11-14-16(10-15(19)21(23)27)24-8-5-18(14)29-17-6-9-25(13(17)3)20(26)4-7-22/h5,8,10-13,17H,4,6,9H2,1-3H3,(H2,23,27)/t13-,17+/m1/s1. The summed E-state index contributed by atoms with van der Waals surface area (Å²) in [4.78, 5) is 29.9. The molecule has 1 aromatic carbocycles. The number of fused-ring (bicyclic) bond motifs is 1. The van der Waals surface area contributed by atoms with E-state index in [0.717, 1.165) is 0 Å². The van der Waals surface area contributed by atoms with Gasteiger partial charge in [-0.1, -0.05) is 0 Å². The van der Waals surface area contributed by atoms with E-state index in [-0.39, 0.29) is 36.1 Å². The Morgan fingerprint density at radius 1 is 1.38 bits per heavy atom. The maximum absolute atomic E-state index is 12.1. The van der Waals surface area contributed by atoms with Gasteiger partial charge in [-0.15, -0.1) is 0 Å². The smallest absolute Gasteiger partial charge is 0.252 e. The van der Waals surface area contributed by atoms with Crippen LogP contribution in [0.1, 0.15) is 44.0 Å². The van der Waals surface area contributed by atoms with Gasteiger partial charge in [0.1, 0.15) is 24.0 Å². The molecule has 0 radical (unpaired) electrons. The zero-order valence-electron chi connectivity index (χ0n) is 16.7. The van der Waals surface area contributed by atoms with Crippen molar-refractivity contribution in [3.63, 3.8) is 0 Å². The molecule has 8 heteroatoms. The van der Waals surface area contributed by atoms with Crippen molar-refractivity contribution in [2.75, 3.05) is 6.54 Å². The number of carbonyl (C=O) groups is 2. The van der Waals surface area contributed by atoms with Gasteiger partial charge in [0.05, 0.1) is 29.3 Å². The number of amides is 2. The fourth-order valence-electron chi connectivity index (χ4n) is 3.55. The first-order chi connectivity index (χ1) is 13.8. The van der Waals surface area contributed by atoms with Crippen molar-refractivity contribution in [1.29, 1.82) is 5.26 Å². The van der Waals surface area contributed by atoms with E-state index in [4.69, 9.17) is 20.5 Å². The molecule has 0 saturated carbocycles. The monoisotopic (exact) mass is 396 g/mol. The van der Waals surface area contributed by atoms with E-state index < -0.39 is 5.91 Å². The maximum atomic E-state index is 12.1. The summed E-state index contributed by atoms with van der Waals surface area (Å²) in [6.45, 7) is 6.18. The van der Waals surface area contributed by atoms with Gasteiger partial charge in [0.15, 0.2) is 0 Å². The molecule has 1 aliphatic rings. The number of rotatable bonds is 6. The average molecular weight is 396 g/mol. The van der Waals surface area contributed by atoms with Crippen LogP contribution in [0.5, 0.6) is 11.5 Å². The number of pyridine rings is 1. The van der Waals surface area contributed by atoms with Crippen LogP contribution < -0.4 is 15.2 Å². The highest BCUT2D eigenvalue weighted by Crippen LogP contribution is 2.33. The lowest BCUT2D eigenvalue weighted by Gasteiger charge is -2.25. The molecule has 0 unspecified atom stereocenters. The Bertz CT molecular complexity index is 983. The van der Waals surface area contributed by atoms with E-state index in [9.17, 15) is 9.59 Å². The molecular weight excluding hydrogens is 372 g/mol. The number of primary amides is 1. The number of nitrogens with zero attached hydrogens (tertiary/aromatic N) is 3. The first-order valence-corrected chi connectivity index (χ1v) is 9.54. The van der Waals surface area contributed by atoms with E-state index in [0.29, 0.717) is 35.4 Å². The fourth-order valence-corrected chi connectivity index (χ4v) is 3.55. The number of likely N-dealkylation sites (tertiary alicyclic amines) is 1. The van der Waals surface area contributed by atoms with E-state index in [2.05, 4.69) is 4.98 Å². The van der Waals surface area contributed by atoms with Crippen LogP contribution in [-0.2, 0) is 4.79 Å². The van der Waals surface area contributed by atoms with Crippen LogP contribution in [0.2, 0.25) is 0 Å². The molecule has 2 amide bonds. The lowest BCUT2D eigenvalue weighted by atomic mass is 10.1. The van der Waals surface area contributed by atoms with E-state index in [1.165, 1.54) is 0 Å².